The molecule has 0 spiro atoms. The van der Waals surface area contributed by atoms with E-state index in [9.17, 15) is 4.79 Å². The molecule has 0 saturated carbocycles. The third-order valence-electron chi connectivity index (χ3n) is 3.89. The molecule has 25 heavy (non-hydrogen) atoms. The summed E-state index contributed by atoms with van der Waals surface area (Å²) in [5.74, 6) is 2.08. The topological polar surface area (TPSA) is 42.7 Å². The molecule has 0 atom stereocenters. The molecule has 4 nitrogen and oxygen atoms in total. The smallest absolute Gasteiger partial charge is 0.257 e. The van der Waals surface area contributed by atoms with Crippen LogP contribution in [0.15, 0.2) is 71.1 Å². The van der Waals surface area contributed by atoms with Gasteiger partial charge in [0.2, 0.25) is 0 Å². The Hall–Kier alpha value is -3.01. The molecule has 0 fully saturated rings. The van der Waals surface area contributed by atoms with Crippen molar-refractivity contribution in [1.82, 2.24) is 4.90 Å². The lowest BCUT2D eigenvalue weighted by atomic mass is 10.1. The van der Waals surface area contributed by atoms with E-state index in [1.165, 1.54) is 0 Å². The van der Waals surface area contributed by atoms with E-state index in [-0.39, 0.29) is 5.91 Å². The van der Waals surface area contributed by atoms with Gasteiger partial charge in [-0.2, -0.15) is 0 Å². The first-order valence-corrected chi connectivity index (χ1v) is 8.20. The lowest BCUT2D eigenvalue weighted by molar-refractivity contribution is 0.0770. The van der Waals surface area contributed by atoms with Crippen LogP contribution in [0.5, 0.6) is 5.75 Å². The number of nitrogens with zero attached hydrogens (tertiary/aromatic N) is 1. The van der Waals surface area contributed by atoms with Gasteiger partial charge in [0, 0.05) is 7.05 Å². The fraction of sp³-hybridized carbons (Fsp3) is 0.190. The Morgan fingerprint density at radius 2 is 1.72 bits per heavy atom. The van der Waals surface area contributed by atoms with Crippen LogP contribution in [0.1, 0.15) is 27.4 Å². The van der Waals surface area contributed by atoms with Gasteiger partial charge >= 0.3 is 0 Å². The van der Waals surface area contributed by atoms with Gasteiger partial charge in [0.15, 0.2) is 0 Å². The molecule has 4 heteroatoms. The highest BCUT2D eigenvalue weighted by molar-refractivity contribution is 5.96. The zero-order valence-electron chi connectivity index (χ0n) is 14.4. The van der Waals surface area contributed by atoms with Gasteiger partial charge in [-0.1, -0.05) is 42.5 Å². The lowest BCUT2D eigenvalue weighted by Gasteiger charge is -2.18. The molecule has 2 aromatic carbocycles. The van der Waals surface area contributed by atoms with Crippen molar-refractivity contribution < 1.29 is 13.9 Å². The standard InChI is InChI=1S/C21H21NO3/c1-16-12-13-18(25-16)14-22(2)21(23)19-10-6-7-11-20(19)24-15-17-8-4-3-5-9-17/h3-13H,14-15H2,1-2H3. The van der Waals surface area contributed by atoms with Gasteiger partial charge in [-0.15, -0.1) is 0 Å². The molecule has 0 aliphatic rings. The quantitative estimate of drug-likeness (QED) is 0.669. The number of rotatable bonds is 6. The summed E-state index contributed by atoms with van der Waals surface area (Å²) in [5, 5.41) is 0. The van der Waals surface area contributed by atoms with Crippen molar-refractivity contribution in [2.45, 2.75) is 20.1 Å². The van der Waals surface area contributed by atoms with Crippen LogP contribution in [0, 0.1) is 6.92 Å². The second kappa shape index (κ2) is 7.71. The molecule has 1 heterocycles. The molecule has 1 aromatic heterocycles. The molecule has 0 radical (unpaired) electrons. The number of ether oxygens (including phenoxy) is 1. The molecular formula is C21H21NO3. The Morgan fingerprint density at radius 1 is 1.00 bits per heavy atom. The van der Waals surface area contributed by atoms with Gasteiger partial charge in [0.1, 0.15) is 23.9 Å². The van der Waals surface area contributed by atoms with Crippen LogP contribution in [0.2, 0.25) is 0 Å². The molecule has 0 unspecified atom stereocenters. The van der Waals surface area contributed by atoms with Gasteiger partial charge in [0.25, 0.3) is 5.91 Å². The second-order valence-corrected chi connectivity index (χ2v) is 5.94. The van der Waals surface area contributed by atoms with Crippen LogP contribution < -0.4 is 4.74 Å². The van der Waals surface area contributed by atoms with Crippen molar-refractivity contribution in [3.63, 3.8) is 0 Å². The molecule has 1 amide bonds. The van der Waals surface area contributed by atoms with Crippen LogP contribution in [0.3, 0.4) is 0 Å². The number of furan rings is 1. The van der Waals surface area contributed by atoms with E-state index in [1.54, 1.807) is 18.0 Å². The Bertz CT molecular complexity index is 839. The average Bonchev–Trinajstić information content (AvgIpc) is 3.05. The number of hydrogen-bond donors (Lipinski definition) is 0. The lowest BCUT2D eigenvalue weighted by Crippen LogP contribution is -2.26. The van der Waals surface area contributed by atoms with Crippen LogP contribution in [0.25, 0.3) is 0 Å². The number of hydrogen-bond acceptors (Lipinski definition) is 3. The highest BCUT2D eigenvalue weighted by atomic mass is 16.5. The summed E-state index contributed by atoms with van der Waals surface area (Å²) in [6.07, 6.45) is 0. The number of benzene rings is 2. The molecule has 3 aromatic rings. The van der Waals surface area contributed by atoms with Gasteiger partial charge in [0.05, 0.1) is 12.1 Å². The van der Waals surface area contributed by atoms with Crippen molar-refractivity contribution in [1.29, 1.82) is 0 Å². The van der Waals surface area contributed by atoms with Crippen molar-refractivity contribution in [2.75, 3.05) is 7.05 Å². The maximum atomic E-state index is 12.8. The first-order chi connectivity index (χ1) is 12.1. The highest BCUT2D eigenvalue weighted by Gasteiger charge is 2.17. The van der Waals surface area contributed by atoms with Gasteiger partial charge < -0.3 is 14.1 Å². The predicted octanol–water partition coefficient (Wildman–Crippen LogP) is 4.44. The van der Waals surface area contributed by atoms with E-state index in [1.807, 2.05) is 67.6 Å². The van der Waals surface area contributed by atoms with Crippen LogP contribution in [-0.2, 0) is 13.2 Å². The van der Waals surface area contributed by atoms with Crippen LogP contribution >= 0.6 is 0 Å². The Kier molecular flexibility index (Phi) is 5.19. The number of carbonyl (C=O) groups excluding carboxylic acids is 1. The van der Waals surface area contributed by atoms with Crippen molar-refractivity contribution in [3.05, 3.63) is 89.4 Å². The second-order valence-electron chi connectivity index (χ2n) is 5.94. The number of aryl methyl sites for hydroxylation is 1. The summed E-state index contributed by atoms with van der Waals surface area (Å²) in [6, 6.07) is 21.0. The molecule has 0 aliphatic carbocycles. The highest BCUT2D eigenvalue weighted by Crippen LogP contribution is 2.22. The molecular weight excluding hydrogens is 314 g/mol. The van der Waals surface area contributed by atoms with E-state index in [0.29, 0.717) is 24.5 Å². The fourth-order valence-corrected chi connectivity index (χ4v) is 2.59. The first kappa shape index (κ1) is 16.8. The SMILES string of the molecule is Cc1ccc(CN(C)C(=O)c2ccccc2OCc2ccccc2)o1. The van der Waals surface area contributed by atoms with Crippen molar-refractivity contribution in [2.24, 2.45) is 0 Å². The van der Waals surface area contributed by atoms with Crippen LogP contribution in [-0.4, -0.2) is 17.9 Å². The zero-order chi connectivity index (χ0) is 17.6. The molecule has 128 valence electrons. The van der Waals surface area contributed by atoms with E-state index < -0.39 is 0 Å². The Labute approximate surface area is 147 Å². The summed E-state index contributed by atoms with van der Waals surface area (Å²) >= 11 is 0. The number of carbonyl (C=O) groups is 1. The Morgan fingerprint density at radius 3 is 2.44 bits per heavy atom. The third kappa shape index (κ3) is 4.29. The summed E-state index contributed by atoms with van der Waals surface area (Å²) in [6.45, 7) is 2.73. The molecule has 3 rings (SSSR count). The van der Waals surface area contributed by atoms with Crippen LogP contribution in [0.4, 0.5) is 0 Å². The van der Waals surface area contributed by atoms with Gasteiger partial charge in [-0.3, -0.25) is 4.79 Å². The minimum Gasteiger partial charge on any atom is -0.488 e. The largest absolute Gasteiger partial charge is 0.488 e. The Balaban J connectivity index is 1.71. The summed E-state index contributed by atoms with van der Waals surface area (Å²) in [7, 11) is 1.76. The van der Waals surface area contributed by atoms with E-state index in [4.69, 9.17) is 9.15 Å². The normalized spacial score (nSPS) is 10.5. The van der Waals surface area contributed by atoms with E-state index in [0.717, 1.165) is 17.1 Å². The molecule has 0 bridgehead atoms. The first-order valence-electron chi connectivity index (χ1n) is 8.20. The monoisotopic (exact) mass is 335 g/mol. The predicted molar refractivity (Wildman–Crippen MR) is 96.5 cm³/mol. The summed E-state index contributed by atoms with van der Waals surface area (Å²) in [5.41, 5.74) is 1.60. The molecule has 0 saturated heterocycles. The number of para-hydroxylation sites is 1. The zero-order valence-corrected chi connectivity index (χ0v) is 14.4. The van der Waals surface area contributed by atoms with Crippen molar-refractivity contribution in [3.8, 4) is 5.75 Å². The average molecular weight is 335 g/mol. The summed E-state index contributed by atoms with van der Waals surface area (Å²) in [4.78, 5) is 14.4. The minimum absolute atomic E-state index is 0.0993. The molecule has 0 aliphatic heterocycles. The number of amides is 1. The minimum atomic E-state index is -0.0993. The molecule has 0 N–H and O–H groups in total. The maximum Gasteiger partial charge on any atom is 0.257 e. The van der Waals surface area contributed by atoms with E-state index in [2.05, 4.69) is 0 Å². The fourth-order valence-electron chi connectivity index (χ4n) is 2.59. The van der Waals surface area contributed by atoms with Gasteiger partial charge in [-0.25, -0.2) is 0 Å². The summed E-state index contributed by atoms with van der Waals surface area (Å²) < 4.78 is 11.4. The third-order valence-corrected chi connectivity index (χ3v) is 3.89. The van der Waals surface area contributed by atoms with E-state index >= 15 is 0 Å². The van der Waals surface area contributed by atoms with Crippen molar-refractivity contribution >= 4 is 5.91 Å². The maximum absolute atomic E-state index is 12.8. The van der Waals surface area contributed by atoms with Gasteiger partial charge in [-0.05, 0) is 36.8 Å².